The lowest BCUT2D eigenvalue weighted by Gasteiger charge is -2.37. The number of fused-ring (bicyclic) bond motifs is 1. The van der Waals surface area contributed by atoms with Crippen molar-refractivity contribution in [1.29, 1.82) is 0 Å². The second-order valence-electron chi connectivity index (χ2n) is 6.75. The average Bonchev–Trinajstić information content (AvgIpc) is 2.67. The quantitative estimate of drug-likeness (QED) is 0.263. The third-order valence-corrected chi connectivity index (χ3v) is 5.69. The van der Waals surface area contributed by atoms with E-state index in [1.165, 1.54) is 19.2 Å². The number of ether oxygens (including phenoxy) is 2. The molecule has 2 aromatic rings. The molecule has 0 saturated heterocycles. The van der Waals surface area contributed by atoms with Gasteiger partial charge in [-0.05, 0) is 54.1 Å². The van der Waals surface area contributed by atoms with Crippen molar-refractivity contribution < 1.29 is 19.2 Å². The van der Waals surface area contributed by atoms with Gasteiger partial charge in [0.2, 0.25) is 0 Å². The van der Waals surface area contributed by atoms with Gasteiger partial charge in [0, 0.05) is 23.3 Å². The van der Waals surface area contributed by atoms with E-state index in [4.69, 9.17) is 9.47 Å². The van der Waals surface area contributed by atoms with Crippen molar-refractivity contribution in [1.82, 2.24) is 0 Å². The topological polar surface area (TPSA) is 78.7 Å². The van der Waals surface area contributed by atoms with Gasteiger partial charge in [-0.2, -0.15) is 0 Å². The summed E-state index contributed by atoms with van der Waals surface area (Å²) in [5, 5.41) is 10.9. The molecule has 0 aliphatic carbocycles. The third-order valence-electron chi connectivity index (χ3n) is 4.62. The second-order valence-corrected chi connectivity index (χ2v) is 7.82. The fraction of sp³-hybridized carbons (Fsp3) is 0.250. The van der Waals surface area contributed by atoms with Crippen LogP contribution in [0.25, 0.3) is 9.34 Å². The molecule has 0 bridgehead atoms. The number of halogens is 1. The molecule has 2 aromatic carbocycles. The Morgan fingerprint density at radius 2 is 1.81 bits per heavy atom. The molecule has 27 heavy (non-hydrogen) atoms. The standard InChI is InChI=1S/C20H18INO5/c1-20(2,19(23)26-3)18-15-7-5-4-6-14(15)16(21)17(27-18)12-8-10-13(11-9-12)22(24)25/h4-11,18H,1-3H3. The first-order valence-corrected chi connectivity index (χ1v) is 9.34. The smallest absolute Gasteiger partial charge is 0.315 e. The largest absolute Gasteiger partial charge is 0.483 e. The Morgan fingerprint density at radius 3 is 2.41 bits per heavy atom. The highest BCUT2D eigenvalue weighted by molar-refractivity contribution is 14.1. The highest BCUT2D eigenvalue weighted by Gasteiger charge is 2.44. The summed E-state index contributed by atoms with van der Waals surface area (Å²) >= 11 is 2.21. The summed E-state index contributed by atoms with van der Waals surface area (Å²) in [6.45, 7) is 3.57. The van der Waals surface area contributed by atoms with E-state index in [1.54, 1.807) is 26.0 Å². The van der Waals surface area contributed by atoms with Crippen LogP contribution in [0.2, 0.25) is 0 Å². The number of non-ortho nitro benzene ring substituents is 1. The number of hydrogen-bond acceptors (Lipinski definition) is 5. The van der Waals surface area contributed by atoms with E-state index in [2.05, 4.69) is 22.6 Å². The lowest BCUT2D eigenvalue weighted by Crippen LogP contribution is -2.35. The molecule has 6 nitrogen and oxygen atoms in total. The monoisotopic (exact) mass is 479 g/mol. The fourth-order valence-corrected chi connectivity index (χ4v) is 4.05. The van der Waals surface area contributed by atoms with Crippen LogP contribution in [-0.4, -0.2) is 18.0 Å². The second kappa shape index (κ2) is 7.30. The van der Waals surface area contributed by atoms with E-state index < -0.39 is 16.4 Å². The number of nitro groups is 1. The van der Waals surface area contributed by atoms with E-state index in [-0.39, 0.29) is 11.7 Å². The van der Waals surface area contributed by atoms with Crippen molar-refractivity contribution in [2.75, 3.05) is 7.11 Å². The number of esters is 1. The Labute approximate surface area is 170 Å². The van der Waals surface area contributed by atoms with Crippen LogP contribution in [0.5, 0.6) is 0 Å². The van der Waals surface area contributed by atoms with E-state index in [0.717, 1.165) is 14.7 Å². The van der Waals surface area contributed by atoms with Crippen LogP contribution in [0.3, 0.4) is 0 Å². The number of benzene rings is 2. The van der Waals surface area contributed by atoms with Gasteiger partial charge in [-0.15, -0.1) is 0 Å². The Hall–Kier alpha value is -2.42. The number of nitrogens with zero attached hydrogens (tertiary/aromatic N) is 1. The van der Waals surface area contributed by atoms with E-state index >= 15 is 0 Å². The maximum Gasteiger partial charge on any atom is 0.315 e. The molecule has 0 saturated carbocycles. The summed E-state index contributed by atoms with van der Waals surface area (Å²) in [4.78, 5) is 22.9. The van der Waals surface area contributed by atoms with Gasteiger partial charge >= 0.3 is 5.97 Å². The lowest BCUT2D eigenvalue weighted by molar-refractivity contribution is -0.384. The molecule has 0 aromatic heterocycles. The Balaban J connectivity index is 2.13. The van der Waals surface area contributed by atoms with Crippen LogP contribution in [0.15, 0.2) is 48.5 Å². The minimum Gasteiger partial charge on any atom is -0.483 e. The molecule has 0 radical (unpaired) electrons. The predicted molar refractivity (Wildman–Crippen MR) is 110 cm³/mol. The molecular weight excluding hydrogens is 461 g/mol. The molecule has 0 fully saturated rings. The minimum atomic E-state index is -0.922. The summed E-state index contributed by atoms with van der Waals surface area (Å²) < 4.78 is 12.2. The molecule has 1 aliphatic rings. The summed E-state index contributed by atoms with van der Waals surface area (Å²) in [6, 6.07) is 13.9. The van der Waals surface area contributed by atoms with Gasteiger partial charge in [-0.1, -0.05) is 24.3 Å². The predicted octanol–water partition coefficient (Wildman–Crippen LogP) is 5.13. The fourth-order valence-electron chi connectivity index (χ4n) is 3.12. The van der Waals surface area contributed by atoms with Gasteiger partial charge in [0.05, 0.1) is 15.6 Å². The number of hydrogen-bond donors (Lipinski definition) is 0. The molecule has 1 aliphatic heterocycles. The first kappa shape index (κ1) is 19.3. The average molecular weight is 479 g/mol. The van der Waals surface area contributed by atoms with Crippen LogP contribution in [0.4, 0.5) is 5.69 Å². The highest BCUT2D eigenvalue weighted by atomic mass is 127. The van der Waals surface area contributed by atoms with Gasteiger partial charge < -0.3 is 9.47 Å². The Kier molecular flexibility index (Phi) is 5.23. The first-order chi connectivity index (χ1) is 12.8. The molecule has 0 N–H and O–H groups in total. The summed E-state index contributed by atoms with van der Waals surface area (Å²) in [5.41, 5.74) is 1.68. The van der Waals surface area contributed by atoms with Crippen LogP contribution >= 0.6 is 22.6 Å². The van der Waals surface area contributed by atoms with Crippen molar-refractivity contribution in [3.8, 4) is 0 Å². The molecular formula is C20H18INO5. The van der Waals surface area contributed by atoms with Gasteiger partial charge in [-0.3, -0.25) is 14.9 Å². The number of nitro benzene ring substituents is 1. The SMILES string of the molecule is COC(=O)C(C)(C)C1OC(c2ccc([N+](=O)[O-])cc2)=C(I)c2ccccc21. The van der Waals surface area contributed by atoms with Gasteiger partial charge in [-0.25, -0.2) is 0 Å². The minimum absolute atomic E-state index is 0.0111. The summed E-state index contributed by atoms with van der Waals surface area (Å²) in [5.74, 6) is 0.216. The van der Waals surface area contributed by atoms with Crippen molar-refractivity contribution in [2.24, 2.45) is 5.41 Å². The first-order valence-electron chi connectivity index (χ1n) is 8.26. The summed E-state index contributed by atoms with van der Waals surface area (Å²) in [6.07, 6.45) is -0.551. The van der Waals surface area contributed by atoms with Gasteiger partial charge in [0.15, 0.2) is 0 Å². The Bertz CT molecular complexity index is 934. The third kappa shape index (κ3) is 3.43. The maximum absolute atomic E-state index is 12.4. The van der Waals surface area contributed by atoms with Crippen LogP contribution < -0.4 is 0 Å². The zero-order valence-electron chi connectivity index (χ0n) is 15.1. The molecule has 0 amide bonds. The molecule has 3 rings (SSSR count). The van der Waals surface area contributed by atoms with E-state index in [9.17, 15) is 14.9 Å². The van der Waals surface area contributed by atoms with Gasteiger partial charge in [0.25, 0.3) is 5.69 Å². The zero-order chi connectivity index (χ0) is 19.8. The van der Waals surface area contributed by atoms with Crippen LogP contribution in [0.1, 0.15) is 36.6 Å². The number of carbonyl (C=O) groups excluding carboxylic acids is 1. The van der Waals surface area contributed by atoms with Crippen LogP contribution in [0, 0.1) is 15.5 Å². The summed E-state index contributed by atoms with van der Waals surface area (Å²) in [7, 11) is 1.36. The van der Waals surface area contributed by atoms with E-state index in [0.29, 0.717) is 11.3 Å². The van der Waals surface area contributed by atoms with Crippen molar-refractivity contribution in [2.45, 2.75) is 20.0 Å². The normalized spacial score (nSPS) is 16.4. The molecule has 7 heteroatoms. The molecule has 140 valence electrons. The number of carbonyl (C=O) groups is 1. The molecule has 1 heterocycles. The maximum atomic E-state index is 12.4. The Morgan fingerprint density at radius 1 is 1.19 bits per heavy atom. The molecule has 0 spiro atoms. The molecule has 1 unspecified atom stereocenters. The van der Waals surface area contributed by atoms with Gasteiger partial charge in [0.1, 0.15) is 17.3 Å². The van der Waals surface area contributed by atoms with Crippen molar-refractivity contribution >= 4 is 43.6 Å². The highest BCUT2D eigenvalue weighted by Crippen LogP contribution is 2.50. The lowest BCUT2D eigenvalue weighted by atomic mass is 9.79. The number of methoxy groups -OCH3 is 1. The zero-order valence-corrected chi connectivity index (χ0v) is 17.2. The van der Waals surface area contributed by atoms with Crippen molar-refractivity contribution in [3.05, 3.63) is 75.3 Å². The molecule has 1 atom stereocenters. The van der Waals surface area contributed by atoms with Crippen LogP contribution in [-0.2, 0) is 14.3 Å². The number of rotatable bonds is 4. The van der Waals surface area contributed by atoms with Crippen molar-refractivity contribution in [3.63, 3.8) is 0 Å². The van der Waals surface area contributed by atoms with E-state index in [1.807, 2.05) is 24.3 Å².